The molecular weight excluding hydrogens is 230 g/mol. The Morgan fingerprint density at radius 3 is 2.65 bits per heavy atom. The van der Waals surface area contributed by atoms with E-state index in [1.165, 1.54) is 37.7 Å². The molecule has 0 radical (unpaired) electrons. The van der Waals surface area contributed by atoms with E-state index in [2.05, 4.69) is 18.0 Å². The fourth-order valence-electron chi connectivity index (χ4n) is 2.28. The Labute approximate surface area is 108 Å². The summed E-state index contributed by atoms with van der Waals surface area (Å²) in [5.74, 6) is 0. The number of nitrogens with zero attached hydrogens (tertiary/aromatic N) is 1. The van der Waals surface area contributed by atoms with Gasteiger partial charge in [0, 0.05) is 11.4 Å². The second-order valence-corrected chi connectivity index (χ2v) is 6.23. The van der Waals surface area contributed by atoms with E-state index >= 15 is 0 Å². The minimum atomic E-state index is -0.421. The van der Waals surface area contributed by atoms with Crippen LogP contribution in [0, 0.1) is 6.92 Å². The third-order valence-electron chi connectivity index (χ3n) is 3.36. The molecule has 0 spiro atoms. The van der Waals surface area contributed by atoms with E-state index in [1.807, 2.05) is 18.0 Å². The average Bonchev–Trinajstić information content (AvgIpc) is 2.33. The van der Waals surface area contributed by atoms with Gasteiger partial charge in [-0.25, -0.2) is 4.98 Å². The van der Waals surface area contributed by atoms with Gasteiger partial charge >= 0.3 is 0 Å². The summed E-state index contributed by atoms with van der Waals surface area (Å²) in [6, 6.07) is 2.06. The molecule has 94 valence electrons. The molecule has 1 fully saturated rings. The van der Waals surface area contributed by atoms with Crippen LogP contribution in [0.3, 0.4) is 0 Å². The van der Waals surface area contributed by atoms with Crippen molar-refractivity contribution in [3.63, 3.8) is 0 Å². The first kappa shape index (κ1) is 12.9. The highest BCUT2D eigenvalue weighted by Gasteiger charge is 2.16. The van der Waals surface area contributed by atoms with Crippen molar-refractivity contribution >= 4 is 11.8 Å². The minimum absolute atomic E-state index is 0.421. The molecule has 0 aromatic carbocycles. The topological polar surface area (TPSA) is 33.1 Å². The fraction of sp³-hybridized carbons (Fsp3) is 0.643. The Bertz CT molecular complexity index is 372. The number of rotatable bonds is 3. The first-order valence-corrected chi connectivity index (χ1v) is 7.36. The average molecular weight is 251 g/mol. The molecular formula is C14H21NOS. The molecule has 1 aliphatic rings. The van der Waals surface area contributed by atoms with Gasteiger partial charge in [-0.15, -0.1) is 11.8 Å². The van der Waals surface area contributed by atoms with Gasteiger partial charge in [0.25, 0.3) is 0 Å². The van der Waals surface area contributed by atoms with Crippen molar-refractivity contribution < 1.29 is 5.11 Å². The summed E-state index contributed by atoms with van der Waals surface area (Å²) in [4.78, 5) is 4.50. The molecule has 0 aliphatic heterocycles. The van der Waals surface area contributed by atoms with Crippen molar-refractivity contribution in [2.75, 3.05) is 0 Å². The van der Waals surface area contributed by atoms with Gasteiger partial charge in [-0.05, 0) is 43.9 Å². The molecule has 0 amide bonds. The molecule has 1 unspecified atom stereocenters. The minimum Gasteiger partial charge on any atom is -0.389 e. The quantitative estimate of drug-likeness (QED) is 0.885. The zero-order chi connectivity index (χ0) is 12.3. The van der Waals surface area contributed by atoms with Crippen molar-refractivity contribution in [3.05, 3.63) is 23.4 Å². The third-order valence-corrected chi connectivity index (χ3v) is 4.82. The Hall–Kier alpha value is -0.540. The summed E-state index contributed by atoms with van der Waals surface area (Å²) in [7, 11) is 0. The highest BCUT2D eigenvalue weighted by atomic mass is 32.2. The number of aliphatic hydroxyl groups excluding tert-OH is 1. The monoisotopic (exact) mass is 251 g/mol. The van der Waals surface area contributed by atoms with Crippen LogP contribution in [0.4, 0.5) is 0 Å². The molecule has 2 rings (SSSR count). The Balaban J connectivity index is 2.05. The van der Waals surface area contributed by atoms with Gasteiger partial charge in [0.15, 0.2) is 0 Å². The van der Waals surface area contributed by atoms with E-state index in [0.717, 1.165) is 15.8 Å². The molecule has 0 saturated heterocycles. The van der Waals surface area contributed by atoms with Gasteiger partial charge < -0.3 is 5.11 Å². The van der Waals surface area contributed by atoms with Crippen molar-refractivity contribution in [1.82, 2.24) is 4.98 Å². The van der Waals surface area contributed by atoms with Crippen LogP contribution in [0.25, 0.3) is 0 Å². The number of aromatic nitrogens is 1. The molecule has 17 heavy (non-hydrogen) atoms. The van der Waals surface area contributed by atoms with Gasteiger partial charge in [-0.1, -0.05) is 19.3 Å². The van der Waals surface area contributed by atoms with Crippen molar-refractivity contribution in [2.45, 2.75) is 62.3 Å². The summed E-state index contributed by atoms with van der Waals surface area (Å²) >= 11 is 1.92. The zero-order valence-electron chi connectivity index (χ0n) is 10.6. The number of hydrogen-bond acceptors (Lipinski definition) is 3. The number of aliphatic hydroxyl groups is 1. The van der Waals surface area contributed by atoms with E-state index < -0.39 is 6.10 Å². The van der Waals surface area contributed by atoms with Gasteiger partial charge in [0.1, 0.15) is 0 Å². The number of hydrogen-bond donors (Lipinski definition) is 1. The highest BCUT2D eigenvalue weighted by molar-refractivity contribution is 7.99. The lowest BCUT2D eigenvalue weighted by molar-refractivity contribution is 0.198. The smallest absolute Gasteiger partial charge is 0.0991 e. The van der Waals surface area contributed by atoms with Crippen LogP contribution in [0.5, 0.6) is 0 Å². The second-order valence-electron chi connectivity index (χ2n) is 4.94. The van der Waals surface area contributed by atoms with Crippen molar-refractivity contribution in [1.29, 1.82) is 0 Å². The van der Waals surface area contributed by atoms with E-state index in [4.69, 9.17) is 0 Å². The van der Waals surface area contributed by atoms with E-state index in [1.54, 1.807) is 6.92 Å². The van der Waals surface area contributed by atoms with Crippen molar-refractivity contribution in [2.24, 2.45) is 0 Å². The van der Waals surface area contributed by atoms with Crippen molar-refractivity contribution in [3.8, 4) is 0 Å². The summed E-state index contributed by atoms with van der Waals surface area (Å²) in [6.07, 6.45) is 8.15. The summed E-state index contributed by atoms with van der Waals surface area (Å²) in [6.45, 7) is 3.87. The largest absolute Gasteiger partial charge is 0.389 e. The van der Waals surface area contributed by atoms with Crippen LogP contribution in [0.2, 0.25) is 0 Å². The standard InChI is InChI=1S/C14H21NOS/c1-10-8-12(11(2)16)9-15-14(10)17-13-6-4-3-5-7-13/h8-9,11,13,16H,3-7H2,1-2H3. The molecule has 2 nitrogen and oxygen atoms in total. The third kappa shape index (κ3) is 3.46. The first-order chi connectivity index (χ1) is 8.16. The molecule has 1 aliphatic carbocycles. The van der Waals surface area contributed by atoms with Gasteiger partial charge in [-0.3, -0.25) is 0 Å². The maximum Gasteiger partial charge on any atom is 0.0991 e. The maximum atomic E-state index is 9.51. The van der Waals surface area contributed by atoms with E-state index in [0.29, 0.717) is 0 Å². The molecule has 1 heterocycles. The highest BCUT2D eigenvalue weighted by Crippen LogP contribution is 2.34. The Morgan fingerprint density at radius 1 is 1.35 bits per heavy atom. The number of thioether (sulfide) groups is 1. The van der Waals surface area contributed by atoms with Crippen LogP contribution < -0.4 is 0 Å². The summed E-state index contributed by atoms with van der Waals surface area (Å²) in [5, 5.41) is 11.4. The molecule has 3 heteroatoms. The lowest BCUT2D eigenvalue weighted by Gasteiger charge is -2.21. The summed E-state index contributed by atoms with van der Waals surface area (Å²) < 4.78 is 0. The fourth-order valence-corrected chi connectivity index (χ4v) is 3.52. The second kappa shape index (κ2) is 5.87. The number of pyridine rings is 1. The lowest BCUT2D eigenvalue weighted by atomic mass is 10.0. The molecule has 1 N–H and O–H groups in total. The van der Waals surface area contributed by atoms with Gasteiger partial charge in [0.2, 0.25) is 0 Å². The zero-order valence-corrected chi connectivity index (χ0v) is 11.5. The van der Waals surface area contributed by atoms with Crippen LogP contribution in [0.1, 0.15) is 56.3 Å². The van der Waals surface area contributed by atoms with Crippen LogP contribution in [0.15, 0.2) is 17.3 Å². The Morgan fingerprint density at radius 2 is 2.06 bits per heavy atom. The molecule has 1 saturated carbocycles. The van der Waals surface area contributed by atoms with Crippen LogP contribution in [-0.2, 0) is 0 Å². The predicted molar refractivity (Wildman–Crippen MR) is 72.3 cm³/mol. The maximum absolute atomic E-state index is 9.51. The van der Waals surface area contributed by atoms with E-state index in [-0.39, 0.29) is 0 Å². The Kier molecular flexibility index (Phi) is 4.46. The normalized spacial score (nSPS) is 19.2. The SMILES string of the molecule is Cc1cc(C(C)O)cnc1SC1CCCCC1. The number of aryl methyl sites for hydroxylation is 1. The lowest BCUT2D eigenvalue weighted by Crippen LogP contribution is -2.08. The van der Waals surface area contributed by atoms with Gasteiger partial charge in [0.05, 0.1) is 11.1 Å². The van der Waals surface area contributed by atoms with Crippen LogP contribution in [-0.4, -0.2) is 15.3 Å². The molecule has 0 bridgehead atoms. The predicted octanol–water partition coefficient (Wildman–Crippen LogP) is 3.87. The first-order valence-electron chi connectivity index (χ1n) is 6.48. The molecule has 1 aromatic rings. The van der Waals surface area contributed by atoms with Gasteiger partial charge in [-0.2, -0.15) is 0 Å². The van der Waals surface area contributed by atoms with E-state index in [9.17, 15) is 5.11 Å². The van der Waals surface area contributed by atoms with Crippen LogP contribution >= 0.6 is 11.8 Å². The molecule has 1 atom stereocenters. The summed E-state index contributed by atoms with van der Waals surface area (Å²) in [5.41, 5.74) is 2.11. The molecule has 1 aromatic heterocycles.